The summed E-state index contributed by atoms with van der Waals surface area (Å²) in [5.41, 5.74) is 2.14. The fourth-order valence-electron chi connectivity index (χ4n) is 1.68. The van der Waals surface area contributed by atoms with E-state index in [4.69, 9.17) is 0 Å². The Morgan fingerprint density at radius 2 is 2.18 bits per heavy atom. The summed E-state index contributed by atoms with van der Waals surface area (Å²) in [6.07, 6.45) is 2.10. The van der Waals surface area contributed by atoms with E-state index in [0.717, 1.165) is 30.1 Å². The highest BCUT2D eigenvalue weighted by atomic mass is 32.2. The lowest BCUT2D eigenvalue weighted by atomic mass is 10.1. The molecule has 0 fully saturated rings. The molecular weight excluding hydrogens is 235 g/mol. The maximum atomic E-state index is 13.2. The number of anilines is 1. The minimum absolute atomic E-state index is 0.167. The zero-order chi connectivity index (χ0) is 12.7. The lowest BCUT2D eigenvalue weighted by Gasteiger charge is -2.22. The minimum atomic E-state index is -0.167. The van der Waals surface area contributed by atoms with Gasteiger partial charge in [0.05, 0.1) is 0 Å². The molecule has 0 saturated heterocycles. The van der Waals surface area contributed by atoms with E-state index in [1.165, 1.54) is 6.07 Å². The molecule has 0 aliphatic carbocycles. The summed E-state index contributed by atoms with van der Waals surface area (Å²) in [5, 5.41) is 3.24. The zero-order valence-corrected chi connectivity index (χ0v) is 11.6. The van der Waals surface area contributed by atoms with Gasteiger partial charge in [-0.25, -0.2) is 4.39 Å². The van der Waals surface area contributed by atoms with Crippen LogP contribution >= 0.6 is 11.8 Å². The molecule has 2 nitrogen and oxygen atoms in total. The third-order valence-electron chi connectivity index (χ3n) is 2.65. The zero-order valence-electron chi connectivity index (χ0n) is 10.8. The Labute approximate surface area is 108 Å². The fourth-order valence-corrected chi connectivity index (χ4v) is 2.13. The third kappa shape index (κ3) is 4.56. The van der Waals surface area contributed by atoms with Gasteiger partial charge >= 0.3 is 0 Å². The van der Waals surface area contributed by atoms with Gasteiger partial charge in [0.2, 0.25) is 0 Å². The molecule has 0 unspecified atom stereocenters. The molecule has 4 heteroatoms. The van der Waals surface area contributed by atoms with Crippen LogP contribution in [0.5, 0.6) is 0 Å². The number of hydrogen-bond acceptors (Lipinski definition) is 3. The molecule has 0 saturated carbocycles. The van der Waals surface area contributed by atoms with Crippen molar-refractivity contribution in [1.82, 2.24) is 5.32 Å². The first-order chi connectivity index (χ1) is 8.19. The van der Waals surface area contributed by atoms with Gasteiger partial charge in [-0.3, -0.25) is 0 Å². The smallest absolute Gasteiger partial charge is 0.123 e. The summed E-state index contributed by atoms with van der Waals surface area (Å²) in [6, 6.07) is 5.01. The number of nitrogens with zero attached hydrogens (tertiary/aromatic N) is 1. The third-order valence-corrected chi connectivity index (χ3v) is 3.24. The molecule has 96 valence electrons. The number of benzene rings is 1. The molecule has 1 aromatic rings. The average Bonchev–Trinajstić information content (AvgIpc) is 2.33. The van der Waals surface area contributed by atoms with Crippen LogP contribution in [0.3, 0.4) is 0 Å². The Balaban J connectivity index is 2.80. The monoisotopic (exact) mass is 256 g/mol. The molecular formula is C13H21FN2S. The normalized spacial score (nSPS) is 10.6. The summed E-state index contributed by atoms with van der Waals surface area (Å²) >= 11 is 1.82. The van der Waals surface area contributed by atoms with Crippen LogP contribution in [-0.4, -0.2) is 32.1 Å². The number of rotatable bonds is 7. The second-order valence-electron chi connectivity index (χ2n) is 3.97. The first-order valence-electron chi connectivity index (χ1n) is 5.88. The lowest BCUT2D eigenvalue weighted by molar-refractivity contribution is 0.621. The van der Waals surface area contributed by atoms with Crippen molar-refractivity contribution >= 4 is 17.4 Å². The Morgan fingerprint density at radius 3 is 2.82 bits per heavy atom. The molecule has 1 N–H and O–H groups in total. The summed E-state index contributed by atoms with van der Waals surface area (Å²) in [5.74, 6) is 0.911. The highest BCUT2D eigenvalue weighted by Gasteiger charge is 2.08. The van der Waals surface area contributed by atoms with Crippen LogP contribution in [0.25, 0.3) is 0 Å². The SMILES string of the molecule is CCNCc1cc(F)ccc1N(C)CCSC. The van der Waals surface area contributed by atoms with E-state index in [2.05, 4.69) is 30.4 Å². The maximum absolute atomic E-state index is 13.2. The van der Waals surface area contributed by atoms with Gasteiger partial charge in [0.1, 0.15) is 5.82 Å². The maximum Gasteiger partial charge on any atom is 0.123 e. The molecule has 0 atom stereocenters. The van der Waals surface area contributed by atoms with Gasteiger partial charge in [-0.2, -0.15) is 11.8 Å². The highest BCUT2D eigenvalue weighted by Crippen LogP contribution is 2.20. The van der Waals surface area contributed by atoms with E-state index in [-0.39, 0.29) is 5.82 Å². The highest BCUT2D eigenvalue weighted by molar-refractivity contribution is 7.98. The number of nitrogens with one attached hydrogen (secondary N) is 1. The van der Waals surface area contributed by atoms with Crippen molar-refractivity contribution in [2.24, 2.45) is 0 Å². The van der Waals surface area contributed by atoms with Crippen molar-refractivity contribution in [2.45, 2.75) is 13.5 Å². The summed E-state index contributed by atoms with van der Waals surface area (Å²) in [6.45, 7) is 4.64. The molecule has 0 amide bonds. The quantitative estimate of drug-likeness (QED) is 0.807. The Bertz CT molecular complexity index is 344. The van der Waals surface area contributed by atoms with Gasteiger partial charge in [0.15, 0.2) is 0 Å². The molecule has 0 spiro atoms. The standard InChI is InChI=1S/C13H21FN2S/c1-4-15-10-11-9-12(14)5-6-13(11)16(2)7-8-17-3/h5-6,9,15H,4,7-8,10H2,1-3H3. The minimum Gasteiger partial charge on any atom is -0.374 e. The first-order valence-corrected chi connectivity index (χ1v) is 7.27. The second kappa shape index (κ2) is 7.56. The van der Waals surface area contributed by atoms with Crippen molar-refractivity contribution in [2.75, 3.05) is 37.0 Å². The van der Waals surface area contributed by atoms with Crippen LogP contribution in [0, 0.1) is 5.82 Å². The largest absolute Gasteiger partial charge is 0.374 e. The van der Waals surface area contributed by atoms with Crippen LogP contribution in [0.15, 0.2) is 18.2 Å². The summed E-state index contributed by atoms with van der Waals surface area (Å²) in [4.78, 5) is 2.18. The fraction of sp³-hybridized carbons (Fsp3) is 0.538. The van der Waals surface area contributed by atoms with E-state index < -0.39 is 0 Å². The van der Waals surface area contributed by atoms with Gasteiger partial charge in [-0.1, -0.05) is 6.92 Å². The summed E-state index contributed by atoms with van der Waals surface area (Å²) in [7, 11) is 2.05. The molecule has 1 aromatic carbocycles. The van der Waals surface area contributed by atoms with E-state index in [1.807, 2.05) is 17.8 Å². The van der Waals surface area contributed by atoms with Crippen molar-refractivity contribution < 1.29 is 4.39 Å². The van der Waals surface area contributed by atoms with Crippen LogP contribution in [0.2, 0.25) is 0 Å². The van der Waals surface area contributed by atoms with E-state index in [0.29, 0.717) is 6.54 Å². The number of thioether (sulfide) groups is 1. The van der Waals surface area contributed by atoms with Gasteiger partial charge in [0, 0.05) is 31.6 Å². The van der Waals surface area contributed by atoms with Crippen molar-refractivity contribution in [3.05, 3.63) is 29.6 Å². The van der Waals surface area contributed by atoms with Crippen LogP contribution in [0.1, 0.15) is 12.5 Å². The van der Waals surface area contributed by atoms with Gasteiger partial charge in [0.25, 0.3) is 0 Å². The molecule has 0 aliphatic rings. The predicted octanol–water partition coefficient (Wildman–Crippen LogP) is 2.73. The van der Waals surface area contributed by atoms with Gasteiger partial charge in [-0.05, 0) is 36.6 Å². The predicted molar refractivity (Wildman–Crippen MR) is 75.4 cm³/mol. The second-order valence-corrected chi connectivity index (χ2v) is 4.95. The van der Waals surface area contributed by atoms with E-state index in [1.54, 1.807) is 6.07 Å². The van der Waals surface area contributed by atoms with Crippen molar-refractivity contribution in [3.8, 4) is 0 Å². The average molecular weight is 256 g/mol. The summed E-state index contributed by atoms with van der Waals surface area (Å²) < 4.78 is 13.2. The molecule has 0 bridgehead atoms. The molecule has 0 aromatic heterocycles. The van der Waals surface area contributed by atoms with Crippen molar-refractivity contribution in [3.63, 3.8) is 0 Å². The van der Waals surface area contributed by atoms with Crippen LogP contribution in [-0.2, 0) is 6.54 Å². The molecule has 1 rings (SSSR count). The van der Waals surface area contributed by atoms with Gasteiger partial charge < -0.3 is 10.2 Å². The molecule has 17 heavy (non-hydrogen) atoms. The number of halogens is 1. The van der Waals surface area contributed by atoms with Gasteiger partial charge in [-0.15, -0.1) is 0 Å². The lowest BCUT2D eigenvalue weighted by Crippen LogP contribution is -2.23. The topological polar surface area (TPSA) is 15.3 Å². The Kier molecular flexibility index (Phi) is 6.37. The molecule has 0 aliphatic heterocycles. The molecule has 0 heterocycles. The molecule has 0 radical (unpaired) electrons. The number of hydrogen-bond donors (Lipinski definition) is 1. The van der Waals surface area contributed by atoms with E-state index in [9.17, 15) is 4.39 Å². The first kappa shape index (κ1) is 14.3. The van der Waals surface area contributed by atoms with Crippen LogP contribution < -0.4 is 10.2 Å². The Hall–Kier alpha value is -0.740. The Morgan fingerprint density at radius 1 is 1.41 bits per heavy atom. The van der Waals surface area contributed by atoms with Crippen LogP contribution in [0.4, 0.5) is 10.1 Å². The van der Waals surface area contributed by atoms with E-state index >= 15 is 0 Å². The van der Waals surface area contributed by atoms with Crippen molar-refractivity contribution in [1.29, 1.82) is 0 Å².